The molecule has 0 aliphatic rings. The van der Waals surface area contributed by atoms with Crippen LogP contribution in [0.5, 0.6) is 0 Å². The molecule has 0 aromatic heterocycles. The molecule has 0 radical (unpaired) electrons. The molecule has 0 aliphatic carbocycles. The van der Waals surface area contributed by atoms with Crippen molar-refractivity contribution >= 4 is 57.0 Å². The van der Waals surface area contributed by atoms with Crippen molar-refractivity contribution in [1.82, 2.24) is 0 Å². The van der Waals surface area contributed by atoms with Crippen molar-refractivity contribution in [2.24, 2.45) is 0 Å². The van der Waals surface area contributed by atoms with Gasteiger partial charge in [-0.25, -0.2) is 0 Å². The van der Waals surface area contributed by atoms with Crippen LogP contribution in [0, 0.1) is 0 Å². The topological polar surface area (TPSA) is 109 Å². The fourth-order valence-electron chi connectivity index (χ4n) is 1.55. The van der Waals surface area contributed by atoms with E-state index in [0.717, 1.165) is 0 Å². The summed E-state index contributed by atoms with van der Waals surface area (Å²) in [5.41, 5.74) is 6.92. The third-order valence-electron chi connectivity index (χ3n) is 2.58. The molecule has 106 valence electrons. The first kappa shape index (κ1) is 17.7. The van der Waals surface area contributed by atoms with Crippen molar-refractivity contribution in [2.75, 3.05) is 11.1 Å². The molecule has 21 heavy (non-hydrogen) atoms. The Morgan fingerprint density at radius 2 is 1.52 bits per heavy atom. The number of amides is 1. The average molecular weight is 316 g/mol. The molecular weight excluding hydrogens is 303 g/mol. The van der Waals surface area contributed by atoms with Gasteiger partial charge in [-0.05, 0) is 48.5 Å². The summed E-state index contributed by atoms with van der Waals surface area (Å²) in [6.07, 6.45) is 0. The van der Waals surface area contributed by atoms with E-state index in [9.17, 15) is 13.2 Å². The van der Waals surface area contributed by atoms with Gasteiger partial charge >= 0.3 is 29.6 Å². The van der Waals surface area contributed by atoms with Crippen LogP contribution in [0.15, 0.2) is 53.4 Å². The second kappa shape index (κ2) is 7.06. The fourth-order valence-corrected chi connectivity index (χ4v) is 2.03. The molecule has 2 rings (SSSR count). The van der Waals surface area contributed by atoms with Gasteiger partial charge in [0.1, 0.15) is 0 Å². The zero-order valence-electron chi connectivity index (χ0n) is 10.3. The third kappa shape index (κ3) is 4.83. The number of nitrogens with two attached hydrogens (primary N) is 1. The Bertz CT molecular complexity index is 728. The van der Waals surface area contributed by atoms with Crippen molar-refractivity contribution in [1.29, 1.82) is 0 Å². The van der Waals surface area contributed by atoms with E-state index >= 15 is 0 Å². The second-order valence-corrected chi connectivity index (χ2v) is 5.50. The Labute approximate surface area is 144 Å². The van der Waals surface area contributed by atoms with Gasteiger partial charge in [-0.2, -0.15) is 8.42 Å². The van der Waals surface area contributed by atoms with Gasteiger partial charge in [0.2, 0.25) is 0 Å². The molecule has 0 saturated heterocycles. The SMILES string of the molecule is Nc1ccc(C(=O)Nc2ccc(S(=O)(=O)O)cc2)cc1.[NaH]. The summed E-state index contributed by atoms with van der Waals surface area (Å²) in [6, 6.07) is 11.6. The summed E-state index contributed by atoms with van der Waals surface area (Å²) in [6.45, 7) is 0. The van der Waals surface area contributed by atoms with Crippen molar-refractivity contribution in [3.05, 3.63) is 54.1 Å². The molecule has 0 saturated carbocycles. The van der Waals surface area contributed by atoms with E-state index in [1.807, 2.05) is 0 Å². The molecule has 2 aromatic rings. The maximum atomic E-state index is 11.9. The van der Waals surface area contributed by atoms with E-state index in [0.29, 0.717) is 16.9 Å². The average Bonchev–Trinajstić information content (AvgIpc) is 2.39. The van der Waals surface area contributed by atoms with E-state index < -0.39 is 10.1 Å². The van der Waals surface area contributed by atoms with Crippen LogP contribution in [-0.4, -0.2) is 48.4 Å². The molecule has 0 unspecified atom stereocenters. The molecule has 0 fully saturated rings. The molecular formula is C13H13N2NaO4S. The van der Waals surface area contributed by atoms with E-state index in [1.165, 1.54) is 24.3 Å². The Hall–Kier alpha value is -1.38. The first-order valence-corrected chi connectivity index (χ1v) is 7.05. The van der Waals surface area contributed by atoms with Gasteiger partial charge < -0.3 is 11.1 Å². The van der Waals surface area contributed by atoms with Crippen LogP contribution in [0.25, 0.3) is 0 Å². The fraction of sp³-hybridized carbons (Fsp3) is 0. The summed E-state index contributed by atoms with van der Waals surface area (Å²) < 4.78 is 30.6. The number of nitrogen functional groups attached to an aromatic ring is 1. The number of hydrogen-bond donors (Lipinski definition) is 3. The van der Waals surface area contributed by atoms with Crippen LogP contribution in [0.3, 0.4) is 0 Å². The molecule has 1 amide bonds. The molecule has 8 heteroatoms. The number of carbonyl (C=O) groups is 1. The van der Waals surface area contributed by atoms with Crippen LogP contribution < -0.4 is 11.1 Å². The summed E-state index contributed by atoms with van der Waals surface area (Å²) in [4.78, 5) is 11.7. The van der Waals surface area contributed by atoms with Gasteiger partial charge in [0, 0.05) is 16.9 Å². The molecule has 4 N–H and O–H groups in total. The van der Waals surface area contributed by atoms with Crippen LogP contribution in [0.1, 0.15) is 10.4 Å². The molecule has 6 nitrogen and oxygen atoms in total. The standard InChI is InChI=1S/C13H12N2O4S.Na.H/c14-10-3-1-9(2-4-10)13(16)15-11-5-7-12(8-6-11)20(17,18)19;;/h1-8H,14H2,(H,15,16)(H,17,18,19);;. The quantitative estimate of drug-likeness (QED) is 0.446. The van der Waals surface area contributed by atoms with E-state index in [4.69, 9.17) is 10.3 Å². The number of carbonyl (C=O) groups excluding carboxylic acids is 1. The minimum absolute atomic E-state index is 0. The van der Waals surface area contributed by atoms with Gasteiger partial charge in [0.05, 0.1) is 4.90 Å². The Morgan fingerprint density at radius 3 is 2.00 bits per heavy atom. The van der Waals surface area contributed by atoms with Gasteiger partial charge in [-0.3, -0.25) is 9.35 Å². The van der Waals surface area contributed by atoms with Crippen LogP contribution in [0.4, 0.5) is 11.4 Å². The van der Waals surface area contributed by atoms with Gasteiger partial charge in [0.15, 0.2) is 0 Å². The normalized spacial score (nSPS) is 10.5. The van der Waals surface area contributed by atoms with Gasteiger partial charge in [0.25, 0.3) is 16.0 Å². The van der Waals surface area contributed by atoms with Crippen molar-refractivity contribution in [2.45, 2.75) is 4.90 Å². The van der Waals surface area contributed by atoms with E-state index in [-0.39, 0.29) is 40.4 Å². The number of hydrogen-bond acceptors (Lipinski definition) is 4. The Kier molecular flexibility index (Phi) is 5.94. The summed E-state index contributed by atoms with van der Waals surface area (Å²) in [7, 11) is -4.23. The zero-order valence-corrected chi connectivity index (χ0v) is 11.1. The van der Waals surface area contributed by atoms with E-state index in [1.54, 1.807) is 24.3 Å². The zero-order chi connectivity index (χ0) is 14.8. The summed E-state index contributed by atoms with van der Waals surface area (Å²) >= 11 is 0. The first-order chi connectivity index (χ1) is 9.36. The second-order valence-electron chi connectivity index (χ2n) is 4.08. The monoisotopic (exact) mass is 316 g/mol. The molecule has 0 heterocycles. The van der Waals surface area contributed by atoms with Crippen LogP contribution in [-0.2, 0) is 10.1 Å². The summed E-state index contributed by atoms with van der Waals surface area (Å²) in [5, 5.41) is 2.60. The Morgan fingerprint density at radius 1 is 1.00 bits per heavy atom. The predicted octanol–water partition coefficient (Wildman–Crippen LogP) is 1.12. The molecule has 2 aromatic carbocycles. The van der Waals surface area contributed by atoms with Crippen molar-refractivity contribution in [3.63, 3.8) is 0 Å². The Balaban J connectivity index is 0.00000220. The number of anilines is 2. The van der Waals surface area contributed by atoms with Crippen LogP contribution in [0.2, 0.25) is 0 Å². The third-order valence-corrected chi connectivity index (χ3v) is 3.45. The number of nitrogens with one attached hydrogen (secondary N) is 1. The molecule has 0 atom stereocenters. The van der Waals surface area contributed by atoms with Crippen LogP contribution >= 0.6 is 0 Å². The van der Waals surface area contributed by atoms with Crippen molar-refractivity contribution in [3.8, 4) is 0 Å². The minimum atomic E-state index is -4.23. The van der Waals surface area contributed by atoms with Gasteiger partial charge in [-0.1, -0.05) is 0 Å². The van der Waals surface area contributed by atoms with Crippen molar-refractivity contribution < 1.29 is 17.8 Å². The molecule has 0 aliphatic heterocycles. The summed E-state index contributed by atoms with van der Waals surface area (Å²) in [5.74, 6) is -0.343. The molecule has 0 bridgehead atoms. The predicted molar refractivity (Wildman–Crippen MR) is 82.2 cm³/mol. The maximum absolute atomic E-state index is 11.9. The van der Waals surface area contributed by atoms with E-state index in [2.05, 4.69) is 5.32 Å². The molecule has 0 spiro atoms. The number of benzene rings is 2. The van der Waals surface area contributed by atoms with Gasteiger partial charge in [-0.15, -0.1) is 0 Å². The number of rotatable bonds is 3. The first-order valence-electron chi connectivity index (χ1n) is 5.61.